The van der Waals surface area contributed by atoms with Crippen LogP contribution in [0.15, 0.2) is 66.7 Å². The maximum atomic E-state index is 12.1. The average Bonchev–Trinajstić information content (AvgIpc) is 2.95. The minimum atomic E-state index is -3.29. The number of aromatic nitrogens is 1. The van der Waals surface area contributed by atoms with Gasteiger partial charge in [0.2, 0.25) is 0 Å². The summed E-state index contributed by atoms with van der Waals surface area (Å²) in [6, 6.07) is 21.5. The normalized spacial score (nSPS) is 11.9. The molecule has 4 aromatic rings. The minimum Gasteiger partial charge on any atom is -0.481 e. The van der Waals surface area contributed by atoms with Gasteiger partial charge in [0, 0.05) is 29.1 Å². The molecule has 3 aromatic carbocycles. The van der Waals surface area contributed by atoms with E-state index >= 15 is 0 Å². The number of para-hydroxylation sites is 1. The summed E-state index contributed by atoms with van der Waals surface area (Å²) in [7, 11) is -3.29. The molecule has 0 spiro atoms. The monoisotopic (exact) mass is 407 g/mol. The summed E-state index contributed by atoms with van der Waals surface area (Å²) in [6.45, 7) is 0.611. The van der Waals surface area contributed by atoms with E-state index in [0.29, 0.717) is 17.7 Å². The fourth-order valence-electron chi connectivity index (χ4n) is 3.93. The predicted molar refractivity (Wildman–Crippen MR) is 115 cm³/mol. The van der Waals surface area contributed by atoms with E-state index < -0.39 is 15.8 Å². The van der Waals surface area contributed by atoms with Crippen molar-refractivity contribution in [2.24, 2.45) is 0 Å². The maximum Gasteiger partial charge on any atom is 0.307 e. The Morgan fingerprint density at radius 1 is 0.931 bits per heavy atom. The Hall–Kier alpha value is -3.12. The summed E-state index contributed by atoms with van der Waals surface area (Å²) >= 11 is 0. The zero-order valence-electron chi connectivity index (χ0n) is 16.0. The van der Waals surface area contributed by atoms with Crippen LogP contribution in [0.25, 0.3) is 21.8 Å². The average molecular weight is 407 g/mol. The fourth-order valence-corrected chi connectivity index (χ4v) is 4.73. The smallest absolute Gasteiger partial charge is 0.307 e. The highest BCUT2D eigenvalue weighted by Crippen LogP contribution is 2.34. The second-order valence-corrected chi connectivity index (χ2v) is 9.52. The van der Waals surface area contributed by atoms with E-state index in [1.807, 2.05) is 60.7 Å². The van der Waals surface area contributed by atoms with Gasteiger partial charge in [0.15, 0.2) is 9.84 Å². The first-order chi connectivity index (χ1) is 13.8. The second-order valence-electron chi connectivity index (χ2n) is 7.38. The molecule has 1 aromatic heterocycles. The summed E-state index contributed by atoms with van der Waals surface area (Å²) in [5, 5.41) is 11.1. The minimum absolute atomic E-state index is 0.129. The molecule has 0 bridgehead atoms. The van der Waals surface area contributed by atoms with Crippen LogP contribution in [-0.4, -0.2) is 30.3 Å². The maximum absolute atomic E-state index is 12.1. The Balaban J connectivity index is 2.04. The number of sulfone groups is 1. The van der Waals surface area contributed by atoms with E-state index in [1.165, 1.54) is 6.26 Å². The lowest BCUT2D eigenvalue weighted by molar-refractivity contribution is -0.136. The van der Waals surface area contributed by atoms with Crippen molar-refractivity contribution in [1.29, 1.82) is 0 Å². The van der Waals surface area contributed by atoms with Gasteiger partial charge in [-0.15, -0.1) is 0 Å². The summed E-state index contributed by atoms with van der Waals surface area (Å²) in [5.41, 5.74) is 4.20. The van der Waals surface area contributed by atoms with Crippen LogP contribution in [0, 0.1) is 0 Å². The summed E-state index contributed by atoms with van der Waals surface area (Å²) in [5.74, 6) is -1.07. The van der Waals surface area contributed by atoms with Crippen molar-refractivity contribution in [3.8, 4) is 0 Å². The molecule has 148 valence electrons. The van der Waals surface area contributed by atoms with Crippen LogP contribution >= 0.6 is 0 Å². The Kier molecular flexibility index (Phi) is 4.88. The van der Waals surface area contributed by atoms with Gasteiger partial charge in [-0.25, -0.2) is 8.42 Å². The van der Waals surface area contributed by atoms with E-state index in [9.17, 15) is 18.3 Å². The number of aliphatic carboxylic acids is 1. The summed E-state index contributed by atoms with van der Waals surface area (Å²) in [6.07, 6.45) is 1.05. The van der Waals surface area contributed by atoms with Crippen LogP contribution < -0.4 is 0 Å². The van der Waals surface area contributed by atoms with Crippen LogP contribution in [0.1, 0.15) is 16.7 Å². The van der Waals surface area contributed by atoms with Gasteiger partial charge in [0.1, 0.15) is 0 Å². The first kappa shape index (κ1) is 19.2. The quantitative estimate of drug-likeness (QED) is 0.524. The van der Waals surface area contributed by atoms with Crippen LogP contribution in [0.3, 0.4) is 0 Å². The van der Waals surface area contributed by atoms with Gasteiger partial charge in [0.25, 0.3) is 0 Å². The number of hydrogen-bond donors (Lipinski definition) is 1. The first-order valence-corrected chi connectivity index (χ1v) is 11.3. The topological polar surface area (TPSA) is 76.4 Å². The highest BCUT2D eigenvalue weighted by atomic mass is 32.2. The number of carboxylic acids is 1. The standard InChI is InChI=1S/C23H21NO4S/c1-29(27,28)15-18-11-17(13-22(25)26)12-21-23(18)19-9-5-6-10-20(19)24(21)14-16-7-3-2-4-8-16/h2-12H,13-15H2,1H3,(H,25,26). The second kappa shape index (κ2) is 7.37. The predicted octanol–water partition coefficient (Wildman–Crippen LogP) is 4.01. The van der Waals surface area contributed by atoms with E-state index in [0.717, 1.165) is 27.4 Å². The Bertz CT molecular complexity index is 1320. The third-order valence-corrected chi connectivity index (χ3v) is 5.81. The molecule has 0 fully saturated rings. The molecule has 1 N–H and O–H groups in total. The van der Waals surface area contributed by atoms with Crippen molar-refractivity contribution in [2.45, 2.75) is 18.7 Å². The van der Waals surface area contributed by atoms with Gasteiger partial charge in [0.05, 0.1) is 17.7 Å². The Labute approximate surface area is 169 Å². The van der Waals surface area contributed by atoms with Crippen molar-refractivity contribution in [1.82, 2.24) is 4.57 Å². The van der Waals surface area contributed by atoms with Crippen LogP contribution in [-0.2, 0) is 33.4 Å². The highest BCUT2D eigenvalue weighted by Gasteiger charge is 2.18. The number of fused-ring (bicyclic) bond motifs is 3. The molecule has 0 radical (unpaired) electrons. The van der Waals surface area contributed by atoms with Gasteiger partial charge >= 0.3 is 5.97 Å². The van der Waals surface area contributed by atoms with E-state index in [1.54, 1.807) is 6.07 Å². The van der Waals surface area contributed by atoms with E-state index in [4.69, 9.17) is 0 Å². The number of carboxylic acid groups (broad SMARTS) is 1. The van der Waals surface area contributed by atoms with Gasteiger partial charge < -0.3 is 9.67 Å². The molecular formula is C23H21NO4S. The molecule has 0 saturated heterocycles. The number of nitrogens with zero attached hydrogens (tertiary/aromatic N) is 1. The van der Waals surface area contributed by atoms with Crippen molar-refractivity contribution in [3.05, 3.63) is 83.4 Å². The summed E-state index contributed by atoms with van der Waals surface area (Å²) < 4.78 is 26.3. The zero-order chi connectivity index (χ0) is 20.6. The lowest BCUT2D eigenvalue weighted by Crippen LogP contribution is -2.06. The Morgan fingerprint density at radius 2 is 1.62 bits per heavy atom. The molecular weight excluding hydrogens is 386 g/mol. The highest BCUT2D eigenvalue weighted by molar-refractivity contribution is 7.89. The molecule has 0 unspecified atom stereocenters. The van der Waals surface area contributed by atoms with Gasteiger partial charge in [-0.1, -0.05) is 54.6 Å². The van der Waals surface area contributed by atoms with E-state index in [-0.39, 0.29) is 12.2 Å². The molecule has 0 aliphatic carbocycles. The van der Waals surface area contributed by atoms with Gasteiger partial charge in [-0.3, -0.25) is 4.79 Å². The van der Waals surface area contributed by atoms with Crippen molar-refractivity contribution < 1.29 is 18.3 Å². The lowest BCUT2D eigenvalue weighted by Gasteiger charge is -2.10. The molecule has 6 heteroatoms. The summed E-state index contributed by atoms with van der Waals surface area (Å²) in [4.78, 5) is 11.3. The Morgan fingerprint density at radius 3 is 2.31 bits per heavy atom. The molecule has 29 heavy (non-hydrogen) atoms. The number of hydrogen-bond acceptors (Lipinski definition) is 3. The van der Waals surface area contributed by atoms with Crippen LogP contribution in [0.2, 0.25) is 0 Å². The molecule has 0 aliphatic heterocycles. The molecule has 0 amide bonds. The third kappa shape index (κ3) is 4.03. The number of rotatable bonds is 6. The first-order valence-electron chi connectivity index (χ1n) is 9.28. The molecule has 1 heterocycles. The van der Waals surface area contributed by atoms with Crippen LogP contribution in [0.4, 0.5) is 0 Å². The third-order valence-electron chi connectivity index (χ3n) is 4.97. The largest absolute Gasteiger partial charge is 0.481 e. The fraction of sp³-hybridized carbons (Fsp3) is 0.174. The molecule has 4 rings (SSSR count). The van der Waals surface area contributed by atoms with Crippen LogP contribution in [0.5, 0.6) is 0 Å². The van der Waals surface area contributed by atoms with Crippen molar-refractivity contribution in [3.63, 3.8) is 0 Å². The number of carbonyl (C=O) groups is 1. The van der Waals surface area contributed by atoms with E-state index in [2.05, 4.69) is 4.57 Å². The SMILES string of the molecule is CS(=O)(=O)Cc1cc(CC(=O)O)cc2c1c1ccccc1n2Cc1ccccc1. The molecule has 5 nitrogen and oxygen atoms in total. The van der Waals surface area contributed by atoms with Gasteiger partial charge in [-0.05, 0) is 28.8 Å². The molecule has 0 atom stereocenters. The molecule has 0 aliphatic rings. The number of benzene rings is 3. The molecule has 0 saturated carbocycles. The van der Waals surface area contributed by atoms with Crippen molar-refractivity contribution in [2.75, 3.05) is 6.26 Å². The van der Waals surface area contributed by atoms with Crippen molar-refractivity contribution >= 4 is 37.6 Å². The zero-order valence-corrected chi connectivity index (χ0v) is 16.8. The van der Waals surface area contributed by atoms with Gasteiger partial charge in [-0.2, -0.15) is 0 Å². The lowest BCUT2D eigenvalue weighted by atomic mass is 10.0.